The number of ether oxygens (including phenoxy) is 1. The van der Waals surface area contributed by atoms with Crippen molar-refractivity contribution in [1.29, 1.82) is 0 Å². The Labute approximate surface area is 162 Å². The number of anilines is 1. The number of aryl methyl sites for hydroxylation is 3. The fourth-order valence-electron chi connectivity index (χ4n) is 2.63. The molecule has 0 fully saturated rings. The van der Waals surface area contributed by atoms with Gasteiger partial charge in [0.25, 0.3) is 21.0 Å². The Morgan fingerprint density at radius 2 is 2.04 bits per heavy atom. The summed E-state index contributed by atoms with van der Waals surface area (Å²) in [5.74, 6) is -0.495. The molecule has 1 aromatic carbocycles. The molecule has 0 unspecified atom stereocenters. The Hall–Kier alpha value is -3.27. The predicted molar refractivity (Wildman–Crippen MR) is 103 cm³/mol. The second-order valence-electron chi connectivity index (χ2n) is 6.14. The number of fused-ring (bicyclic) bond motifs is 1. The molecular weight excluding hydrogens is 382 g/mol. The van der Waals surface area contributed by atoms with E-state index in [1.807, 2.05) is 0 Å². The van der Waals surface area contributed by atoms with Gasteiger partial charge in [-0.25, -0.2) is 14.3 Å². The summed E-state index contributed by atoms with van der Waals surface area (Å²) in [5.41, 5.74) is 2.13. The third-order valence-electron chi connectivity index (χ3n) is 3.90. The summed E-state index contributed by atoms with van der Waals surface area (Å²) in [6.07, 6.45) is 1.43. The van der Waals surface area contributed by atoms with Gasteiger partial charge in [-0.3, -0.25) is 4.72 Å². The van der Waals surface area contributed by atoms with E-state index >= 15 is 0 Å². The number of nitrogens with zero attached hydrogens (tertiary/aromatic N) is 4. The lowest BCUT2D eigenvalue weighted by Gasteiger charge is -2.13. The summed E-state index contributed by atoms with van der Waals surface area (Å²) in [7, 11) is -4.16. The molecule has 3 rings (SSSR count). The monoisotopic (exact) mass is 401 g/mol. The minimum Gasteiger partial charge on any atom is -0.458 e. The summed E-state index contributed by atoms with van der Waals surface area (Å²) in [6.45, 7) is 8.73. The number of hydrogen-bond acceptors (Lipinski definition) is 7. The number of carbonyl (C=O) groups is 1. The highest BCUT2D eigenvalue weighted by Gasteiger charge is 2.25. The van der Waals surface area contributed by atoms with E-state index in [0.29, 0.717) is 17.0 Å². The van der Waals surface area contributed by atoms with Crippen molar-refractivity contribution in [3.63, 3.8) is 0 Å². The van der Waals surface area contributed by atoms with Gasteiger partial charge in [-0.2, -0.15) is 13.4 Å². The number of benzene rings is 1. The van der Waals surface area contributed by atoms with Crippen LogP contribution in [0.3, 0.4) is 0 Å². The van der Waals surface area contributed by atoms with Crippen LogP contribution >= 0.6 is 0 Å². The standard InChI is InChI=1S/C18H19N5O4S/c1-5-9-27-16(24)14-8-6-7-11(2)15(14)22-28(25,26)18-20-17-19-12(3)10-13(4)23(17)21-18/h5-8,10,22H,1,9H2,2-4H3. The van der Waals surface area contributed by atoms with Gasteiger partial charge in [-0.05, 0) is 38.5 Å². The number of sulfonamides is 1. The molecule has 0 spiro atoms. The van der Waals surface area contributed by atoms with E-state index in [1.165, 1.54) is 16.7 Å². The maximum atomic E-state index is 12.9. The van der Waals surface area contributed by atoms with Crippen LogP contribution in [0.2, 0.25) is 0 Å². The van der Waals surface area contributed by atoms with E-state index in [4.69, 9.17) is 4.74 Å². The van der Waals surface area contributed by atoms with Crippen LogP contribution < -0.4 is 4.72 Å². The molecule has 0 atom stereocenters. The normalized spacial score (nSPS) is 11.4. The highest BCUT2D eigenvalue weighted by molar-refractivity contribution is 7.92. The van der Waals surface area contributed by atoms with Crippen LogP contribution in [-0.2, 0) is 14.8 Å². The van der Waals surface area contributed by atoms with Crippen LogP contribution in [0.15, 0.2) is 42.1 Å². The Morgan fingerprint density at radius 3 is 2.75 bits per heavy atom. The fourth-order valence-corrected chi connectivity index (χ4v) is 3.65. The lowest BCUT2D eigenvalue weighted by Crippen LogP contribution is -2.19. The lowest BCUT2D eigenvalue weighted by molar-refractivity contribution is 0.0551. The minimum absolute atomic E-state index is 0.0112. The zero-order chi connectivity index (χ0) is 20.5. The van der Waals surface area contributed by atoms with E-state index in [9.17, 15) is 13.2 Å². The molecule has 0 bridgehead atoms. The Kier molecular flexibility index (Phi) is 5.14. The lowest BCUT2D eigenvalue weighted by atomic mass is 10.1. The molecule has 146 valence electrons. The van der Waals surface area contributed by atoms with Crippen LogP contribution in [0.25, 0.3) is 5.78 Å². The molecule has 0 saturated heterocycles. The molecule has 2 aromatic heterocycles. The Balaban J connectivity index is 2.02. The number of aromatic nitrogens is 4. The molecule has 0 radical (unpaired) electrons. The second-order valence-corrected chi connectivity index (χ2v) is 7.71. The summed E-state index contributed by atoms with van der Waals surface area (Å²) >= 11 is 0. The second kappa shape index (κ2) is 7.39. The van der Waals surface area contributed by atoms with Crippen molar-refractivity contribution in [3.05, 3.63) is 59.4 Å². The minimum atomic E-state index is -4.16. The molecule has 0 aliphatic heterocycles. The summed E-state index contributed by atoms with van der Waals surface area (Å²) < 4.78 is 34.5. The first kappa shape index (κ1) is 19.5. The van der Waals surface area contributed by atoms with Crippen molar-refractivity contribution < 1.29 is 17.9 Å². The SMILES string of the molecule is C=CCOC(=O)c1cccc(C)c1NS(=O)(=O)c1nc2nc(C)cc(C)n2n1. The van der Waals surface area contributed by atoms with Gasteiger partial charge in [0.1, 0.15) is 6.61 Å². The first-order valence-electron chi connectivity index (χ1n) is 8.34. The van der Waals surface area contributed by atoms with Crippen LogP contribution in [0.5, 0.6) is 0 Å². The smallest absolute Gasteiger partial charge is 0.340 e. The predicted octanol–water partition coefficient (Wildman–Crippen LogP) is 2.19. The van der Waals surface area contributed by atoms with E-state index in [-0.39, 0.29) is 23.6 Å². The first-order valence-corrected chi connectivity index (χ1v) is 9.82. The number of rotatable bonds is 6. The summed E-state index contributed by atoms with van der Waals surface area (Å²) in [4.78, 5) is 20.5. The molecule has 0 saturated carbocycles. The Bertz CT molecular complexity index is 1180. The number of carbonyl (C=O) groups excluding carboxylic acids is 1. The molecule has 10 heteroatoms. The summed E-state index contributed by atoms with van der Waals surface area (Å²) in [5, 5.41) is 3.60. The zero-order valence-corrected chi connectivity index (χ0v) is 16.4. The molecule has 0 amide bonds. The summed E-state index contributed by atoms with van der Waals surface area (Å²) in [6, 6.07) is 6.55. The van der Waals surface area contributed by atoms with Crippen LogP contribution in [0, 0.1) is 20.8 Å². The first-order chi connectivity index (χ1) is 13.2. The average molecular weight is 401 g/mol. The van der Waals surface area contributed by atoms with Crippen molar-refractivity contribution >= 4 is 27.5 Å². The molecular formula is C18H19N5O4S. The van der Waals surface area contributed by atoms with Crippen LogP contribution in [0.4, 0.5) is 5.69 Å². The molecule has 9 nitrogen and oxygen atoms in total. The van der Waals surface area contributed by atoms with Gasteiger partial charge in [-0.15, -0.1) is 5.10 Å². The third kappa shape index (κ3) is 3.72. The maximum absolute atomic E-state index is 12.9. The quantitative estimate of drug-likeness (QED) is 0.497. The topological polar surface area (TPSA) is 116 Å². The van der Waals surface area contributed by atoms with Crippen molar-refractivity contribution in [1.82, 2.24) is 19.6 Å². The largest absolute Gasteiger partial charge is 0.458 e. The molecule has 3 aromatic rings. The van der Waals surface area contributed by atoms with Gasteiger partial charge in [0.15, 0.2) is 0 Å². The molecule has 2 heterocycles. The number of hydrogen-bond donors (Lipinski definition) is 1. The molecule has 0 aliphatic carbocycles. The molecule has 0 aliphatic rings. The number of para-hydroxylation sites is 1. The van der Waals surface area contributed by atoms with Gasteiger partial charge in [0, 0.05) is 11.4 Å². The van der Waals surface area contributed by atoms with Gasteiger partial charge >= 0.3 is 5.97 Å². The van der Waals surface area contributed by atoms with Crippen molar-refractivity contribution in [2.75, 3.05) is 11.3 Å². The van der Waals surface area contributed by atoms with Crippen LogP contribution in [-0.4, -0.2) is 40.6 Å². The number of esters is 1. The molecule has 1 N–H and O–H groups in total. The zero-order valence-electron chi connectivity index (χ0n) is 15.6. The van der Waals surface area contributed by atoms with Crippen molar-refractivity contribution in [2.24, 2.45) is 0 Å². The van der Waals surface area contributed by atoms with Gasteiger partial charge in [0.2, 0.25) is 0 Å². The van der Waals surface area contributed by atoms with E-state index in [0.717, 1.165) is 0 Å². The van der Waals surface area contributed by atoms with Gasteiger partial charge < -0.3 is 4.74 Å². The van der Waals surface area contributed by atoms with Gasteiger partial charge in [0.05, 0.1) is 11.3 Å². The third-order valence-corrected chi connectivity index (χ3v) is 5.03. The van der Waals surface area contributed by atoms with E-state index < -0.39 is 21.1 Å². The van der Waals surface area contributed by atoms with Crippen LogP contribution in [0.1, 0.15) is 27.3 Å². The highest BCUT2D eigenvalue weighted by Crippen LogP contribution is 2.24. The maximum Gasteiger partial charge on any atom is 0.340 e. The van der Waals surface area contributed by atoms with Crippen molar-refractivity contribution in [3.8, 4) is 0 Å². The van der Waals surface area contributed by atoms with Crippen molar-refractivity contribution in [2.45, 2.75) is 25.9 Å². The van der Waals surface area contributed by atoms with E-state index in [2.05, 4.69) is 26.4 Å². The Morgan fingerprint density at radius 1 is 1.29 bits per heavy atom. The highest BCUT2D eigenvalue weighted by atomic mass is 32.2. The molecule has 28 heavy (non-hydrogen) atoms. The average Bonchev–Trinajstić information content (AvgIpc) is 3.06. The number of nitrogens with one attached hydrogen (secondary N) is 1. The van der Waals surface area contributed by atoms with Gasteiger partial charge in [-0.1, -0.05) is 24.8 Å². The fraction of sp³-hybridized carbons (Fsp3) is 0.222. The van der Waals surface area contributed by atoms with E-state index in [1.54, 1.807) is 39.0 Å².